The van der Waals surface area contributed by atoms with Crippen molar-refractivity contribution in [3.63, 3.8) is 0 Å². The van der Waals surface area contributed by atoms with Crippen molar-refractivity contribution < 1.29 is 9.90 Å². The van der Waals surface area contributed by atoms with E-state index in [4.69, 9.17) is 0 Å². The Kier molecular flexibility index (Phi) is 4.25. The van der Waals surface area contributed by atoms with Crippen LogP contribution in [0.1, 0.15) is 24.2 Å². The molecular weight excluding hydrogens is 244 g/mol. The lowest BCUT2D eigenvalue weighted by Crippen LogP contribution is -2.28. The Morgan fingerprint density at radius 1 is 1.42 bits per heavy atom. The topological polar surface area (TPSA) is 80.0 Å². The fourth-order valence-corrected chi connectivity index (χ4v) is 1.77. The summed E-state index contributed by atoms with van der Waals surface area (Å²) in [6, 6.07) is 8.33. The molecule has 1 heterocycles. The van der Waals surface area contributed by atoms with Crippen LogP contribution < -0.4 is 5.32 Å². The van der Waals surface area contributed by atoms with Gasteiger partial charge in [0.25, 0.3) is 0 Å². The van der Waals surface area contributed by atoms with Gasteiger partial charge in [-0.2, -0.15) is 15.0 Å². The summed E-state index contributed by atoms with van der Waals surface area (Å²) in [7, 11) is 0. The number of hydrogen-bond donors (Lipinski definition) is 2. The molecule has 0 unspecified atom stereocenters. The van der Waals surface area contributed by atoms with Gasteiger partial charge in [-0.3, -0.25) is 10.1 Å². The molecule has 2 aromatic rings. The maximum atomic E-state index is 11.3. The second kappa shape index (κ2) is 6.10. The van der Waals surface area contributed by atoms with Gasteiger partial charge in [-0.15, -0.1) is 0 Å². The van der Waals surface area contributed by atoms with Gasteiger partial charge in [0, 0.05) is 6.54 Å². The Morgan fingerprint density at radius 3 is 2.74 bits per heavy atom. The van der Waals surface area contributed by atoms with E-state index < -0.39 is 12.0 Å². The maximum absolute atomic E-state index is 11.3. The van der Waals surface area contributed by atoms with Gasteiger partial charge < -0.3 is 5.11 Å². The largest absolute Gasteiger partial charge is 0.480 e. The van der Waals surface area contributed by atoms with Crippen molar-refractivity contribution in [1.82, 2.24) is 20.3 Å². The van der Waals surface area contributed by atoms with Crippen LogP contribution in [0.5, 0.6) is 0 Å². The molecule has 0 spiro atoms. The molecule has 0 saturated carbocycles. The van der Waals surface area contributed by atoms with Crippen molar-refractivity contribution in [3.8, 4) is 0 Å². The lowest BCUT2D eigenvalue weighted by molar-refractivity contribution is -0.139. The van der Waals surface area contributed by atoms with Crippen molar-refractivity contribution in [2.75, 3.05) is 0 Å². The molecule has 0 aliphatic heterocycles. The molecule has 2 rings (SSSR count). The summed E-state index contributed by atoms with van der Waals surface area (Å²) in [5, 5.41) is 20.5. The molecule has 0 aliphatic rings. The first-order valence-electron chi connectivity index (χ1n) is 6.11. The van der Waals surface area contributed by atoms with Crippen LogP contribution in [0.2, 0.25) is 0 Å². The summed E-state index contributed by atoms with van der Waals surface area (Å²) in [5.74, 6) is -0.908. The number of aryl methyl sites for hydroxylation is 1. The van der Waals surface area contributed by atoms with E-state index in [1.54, 1.807) is 23.1 Å². The number of aromatic nitrogens is 3. The van der Waals surface area contributed by atoms with Crippen LogP contribution in [0.3, 0.4) is 0 Å². The molecular formula is C13H16N4O2. The first-order chi connectivity index (χ1) is 9.20. The van der Waals surface area contributed by atoms with E-state index >= 15 is 0 Å². The summed E-state index contributed by atoms with van der Waals surface area (Å²) in [5.41, 5.74) is 1.45. The fraction of sp³-hybridized carbons (Fsp3) is 0.308. The number of carboxylic acids is 1. The number of benzene rings is 1. The first-order valence-corrected chi connectivity index (χ1v) is 6.11. The maximum Gasteiger partial charge on any atom is 0.325 e. The molecule has 0 aliphatic carbocycles. The van der Waals surface area contributed by atoms with Crippen molar-refractivity contribution in [2.45, 2.75) is 26.1 Å². The standard InChI is InChI=1S/C13H16N4O2/c1-2-17-15-9-11(16-17)8-14-12(13(18)19)10-6-4-3-5-7-10/h3-7,9,12,14H,2,8H2,1H3,(H,18,19)/t12-/m1/s1. The molecule has 1 aromatic heterocycles. The van der Waals surface area contributed by atoms with Crippen LogP contribution in [0.25, 0.3) is 0 Å². The van der Waals surface area contributed by atoms with Gasteiger partial charge in [0.15, 0.2) is 0 Å². The zero-order valence-electron chi connectivity index (χ0n) is 10.7. The number of carboxylic acid groups (broad SMARTS) is 1. The minimum atomic E-state index is -0.908. The predicted octanol–water partition coefficient (Wildman–Crippen LogP) is 1.21. The highest BCUT2D eigenvalue weighted by Crippen LogP contribution is 2.13. The highest BCUT2D eigenvalue weighted by Gasteiger charge is 2.19. The number of aliphatic carboxylic acids is 1. The number of rotatable bonds is 6. The molecule has 19 heavy (non-hydrogen) atoms. The van der Waals surface area contributed by atoms with Crippen LogP contribution in [-0.4, -0.2) is 26.1 Å². The molecule has 6 heteroatoms. The van der Waals surface area contributed by atoms with Gasteiger partial charge in [-0.05, 0) is 12.5 Å². The van der Waals surface area contributed by atoms with E-state index in [0.29, 0.717) is 13.1 Å². The molecule has 0 bridgehead atoms. The quantitative estimate of drug-likeness (QED) is 0.816. The molecule has 1 atom stereocenters. The number of hydrogen-bond acceptors (Lipinski definition) is 4. The summed E-state index contributed by atoms with van der Waals surface area (Å²) < 4.78 is 0. The highest BCUT2D eigenvalue weighted by molar-refractivity contribution is 5.75. The molecule has 0 amide bonds. The van der Waals surface area contributed by atoms with Gasteiger partial charge in [-0.1, -0.05) is 30.3 Å². The zero-order chi connectivity index (χ0) is 13.7. The second-order valence-electron chi connectivity index (χ2n) is 4.09. The van der Waals surface area contributed by atoms with Crippen molar-refractivity contribution in [2.24, 2.45) is 0 Å². The normalized spacial score (nSPS) is 12.3. The van der Waals surface area contributed by atoms with Crippen LogP contribution >= 0.6 is 0 Å². The third kappa shape index (κ3) is 3.38. The van der Waals surface area contributed by atoms with Gasteiger partial charge in [0.05, 0.1) is 18.4 Å². The lowest BCUT2D eigenvalue weighted by atomic mass is 10.1. The predicted molar refractivity (Wildman–Crippen MR) is 69.4 cm³/mol. The average molecular weight is 260 g/mol. The molecule has 0 fully saturated rings. The molecule has 100 valence electrons. The molecule has 1 aromatic carbocycles. The molecule has 6 nitrogen and oxygen atoms in total. The molecule has 0 radical (unpaired) electrons. The minimum absolute atomic E-state index is 0.367. The molecule has 2 N–H and O–H groups in total. The third-order valence-electron chi connectivity index (χ3n) is 2.73. The van der Waals surface area contributed by atoms with Crippen LogP contribution in [-0.2, 0) is 17.9 Å². The average Bonchev–Trinajstić information content (AvgIpc) is 2.88. The SMILES string of the molecule is CCn1ncc(CN[C@@H](C(=O)O)c2ccccc2)n1. The first kappa shape index (κ1) is 13.2. The van der Waals surface area contributed by atoms with Crippen LogP contribution in [0.4, 0.5) is 0 Å². The van der Waals surface area contributed by atoms with Crippen LogP contribution in [0, 0.1) is 0 Å². The summed E-state index contributed by atoms with van der Waals surface area (Å²) in [6.45, 7) is 3.01. The van der Waals surface area contributed by atoms with E-state index in [1.165, 1.54) is 0 Å². The van der Waals surface area contributed by atoms with Gasteiger partial charge >= 0.3 is 5.97 Å². The number of carbonyl (C=O) groups is 1. The highest BCUT2D eigenvalue weighted by atomic mass is 16.4. The van der Waals surface area contributed by atoms with E-state index in [-0.39, 0.29) is 0 Å². The van der Waals surface area contributed by atoms with E-state index in [2.05, 4.69) is 15.5 Å². The van der Waals surface area contributed by atoms with E-state index in [0.717, 1.165) is 11.3 Å². The molecule has 0 saturated heterocycles. The summed E-state index contributed by atoms with van der Waals surface area (Å²) in [4.78, 5) is 12.8. The number of nitrogens with zero attached hydrogens (tertiary/aromatic N) is 3. The number of nitrogens with one attached hydrogen (secondary N) is 1. The fourth-order valence-electron chi connectivity index (χ4n) is 1.77. The third-order valence-corrected chi connectivity index (χ3v) is 2.73. The van der Waals surface area contributed by atoms with Crippen molar-refractivity contribution >= 4 is 5.97 Å². The van der Waals surface area contributed by atoms with Gasteiger partial charge in [-0.25, -0.2) is 0 Å². The lowest BCUT2D eigenvalue weighted by Gasteiger charge is -2.13. The minimum Gasteiger partial charge on any atom is -0.480 e. The van der Waals surface area contributed by atoms with Crippen LogP contribution in [0.15, 0.2) is 36.5 Å². The second-order valence-corrected chi connectivity index (χ2v) is 4.09. The Hall–Kier alpha value is -2.21. The Bertz CT molecular complexity index is 539. The van der Waals surface area contributed by atoms with E-state index in [9.17, 15) is 9.90 Å². The summed E-state index contributed by atoms with van der Waals surface area (Å²) in [6.07, 6.45) is 1.64. The van der Waals surface area contributed by atoms with Gasteiger partial charge in [0.2, 0.25) is 0 Å². The monoisotopic (exact) mass is 260 g/mol. The Balaban J connectivity index is 2.04. The zero-order valence-corrected chi connectivity index (χ0v) is 10.7. The van der Waals surface area contributed by atoms with Crippen molar-refractivity contribution in [3.05, 3.63) is 47.8 Å². The van der Waals surface area contributed by atoms with Crippen molar-refractivity contribution in [1.29, 1.82) is 0 Å². The smallest absolute Gasteiger partial charge is 0.325 e. The Morgan fingerprint density at radius 2 is 2.16 bits per heavy atom. The van der Waals surface area contributed by atoms with Gasteiger partial charge in [0.1, 0.15) is 6.04 Å². The summed E-state index contributed by atoms with van der Waals surface area (Å²) >= 11 is 0. The Labute approximate surface area is 111 Å². The van der Waals surface area contributed by atoms with E-state index in [1.807, 2.05) is 25.1 Å².